The Labute approximate surface area is 137 Å². The van der Waals surface area contributed by atoms with Crippen molar-refractivity contribution >= 4 is 28.4 Å². The van der Waals surface area contributed by atoms with Crippen molar-refractivity contribution in [2.24, 2.45) is 10.2 Å². The van der Waals surface area contributed by atoms with E-state index in [0.717, 1.165) is 5.56 Å². The fourth-order valence-corrected chi connectivity index (χ4v) is 2.21. The highest BCUT2D eigenvalue weighted by Gasteiger charge is 2.14. The molecule has 7 heteroatoms. The van der Waals surface area contributed by atoms with E-state index in [1.165, 1.54) is 0 Å². The summed E-state index contributed by atoms with van der Waals surface area (Å²) >= 11 is 0. The van der Waals surface area contributed by atoms with Crippen LogP contribution in [0.5, 0.6) is 5.88 Å². The third-order valence-corrected chi connectivity index (χ3v) is 3.39. The van der Waals surface area contributed by atoms with Gasteiger partial charge in [0.2, 0.25) is 5.88 Å². The highest BCUT2D eigenvalue weighted by atomic mass is 16.3. The fourth-order valence-electron chi connectivity index (χ4n) is 2.21. The number of nitrogens with one attached hydrogen (secondary N) is 2. The molecule has 120 valence electrons. The van der Waals surface area contributed by atoms with Gasteiger partial charge in [-0.25, -0.2) is 0 Å². The molecule has 0 bridgehead atoms. The first kappa shape index (κ1) is 15.4. The van der Waals surface area contributed by atoms with E-state index < -0.39 is 11.8 Å². The van der Waals surface area contributed by atoms with Crippen LogP contribution in [0.15, 0.2) is 64.8 Å². The zero-order valence-electron chi connectivity index (χ0n) is 12.6. The number of nitrogens with zero attached hydrogens (tertiary/aromatic N) is 2. The van der Waals surface area contributed by atoms with Crippen LogP contribution in [0.25, 0.3) is 10.9 Å². The Morgan fingerprint density at radius 3 is 2.54 bits per heavy atom. The van der Waals surface area contributed by atoms with Gasteiger partial charge in [0, 0.05) is 11.9 Å². The highest BCUT2D eigenvalue weighted by molar-refractivity contribution is 6.35. The predicted octanol–water partition coefficient (Wildman–Crippen LogP) is 2.80. The number of carbonyl (C=O) groups is 2. The molecule has 1 heterocycles. The maximum Gasteiger partial charge on any atom is 0.353 e. The second-order valence-electron chi connectivity index (χ2n) is 5.04. The number of aromatic hydroxyl groups is 1. The SMILES string of the molecule is O=C(N=Nc1c(O)[nH]c2ccccc12)C(=O)NCc1ccccc1. The Morgan fingerprint density at radius 1 is 1.04 bits per heavy atom. The highest BCUT2D eigenvalue weighted by Crippen LogP contribution is 2.35. The lowest BCUT2D eigenvalue weighted by Gasteiger charge is -2.01. The molecule has 0 saturated carbocycles. The molecule has 0 unspecified atom stereocenters. The van der Waals surface area contributed by atoms with E-state index in [0.29, 0.717) is 10.9 Å². The molecule has 24 heavy (non-hydrogen) atoms. The molecule has 1 aromatic heterocycles. The van der Waals surface area contributed by atoms with Gasteiger partial charge < -0.3 is 15.4 Å². The summed E-state index contributed by atoms with van der Waals surface area (Å²) in [6.45, 7) is 0.221. The number of hydrogen-bond acceptors (Lipinski definition) is 4. The maximum absolute atomic E-state index is 11.7. The summed E-state index contributed by atoms with van der Waals surface area (Å²) in [7, 11) is 0. The number of para-hydroxylation sites is 1. The van der Waals surface area contributed by atoms with Crippen LogP contribution < -0.4 is 5.32 Å². The second kappa shape index (κ2) is 6.74. The van der Waals surface area contributed by atoms with Crippen LogP contribution in [0, 0.1) is 0 Å². The molecule has 0 saturated heterocycles. The monoisotopic (exact) mass is 322 g/mol. The summed E-state index contributed by atoms with van der Waals surface area (Å²) in [6, 6.07) is 16.2. The molecule has 2 amide bonds. The molecule has 0 aliphatic carbocycles. The van der Waals surface area contributed by atoms with E-state index in [4.69, 9.17) is 0 Å². The summed E-state index contributed by atoms with van der Waals surface area (Å²) in [5.74, 6) is -2.10. The van der Waals surface area contributed by atoms with Crippen molar-refractivity contribution in [3.8, 4) is 5.88 Å². The first-order valence-electron chi connectivity index (χ1n) is 7.22. The van der Waals surface area contributed by atoms with Crippen molar-refractivity contribution in [3.05, 3.63) is 60.2 Å². The zero-order chi connectivity index (χ0) is 16.9. The molecular weight excluding hydrogens is 308 g/mol. The standard InChI is InChI=1S/C17H14N4O3/c22-15-14(12-8-4-5-9-13(12)19-15)20-21-17(24)16(23)18-10-11-6-2-1-3-7-11/h1-9,19,22H,10H2,(H,18,23). The Balaban J connectivity index is 1.68. The largest absolute Gasteiger partial charge is 0.493 e. The minimum absolute atomic E-state index is 0.120. The summed E-state index contributed by atoms with van der Waals surface area (Å²) in [5.41, 5.74) is 1.64. The molecule has 3 aromatic rings. The van der Waals surface area contributed by atoms with Gasteiger partial charge in [-0.1, -0.05) is 48.5 Å². The molecule has 2 aromatic carbocycles. The van der Waals surface area contributed by atoms with Crippen molar-refractivity contribution < 1.29 is 14.7 Å². The summed E-state index contributed by atoms with van der Waals surface area (Å²) < 4.78 is 0. The maximum atomic E-state index is 11.7. The smallest absolute Gasteiger partial charge is 0.353 e. The molecule has 0 aliphatic rings. The zero-order valence-corrected chi connectivity index (χ0v) is 12.6. The van der Waals surface area contributed by atoms with Gasteiger partial charge in [0.05, 0.1) is 5.52 Å². The number of amides is 2. The normalized spacial score (nSPS) is 11.0. The molecule has 7 nitrogen and oxygen atoms in total. The van der Waals surface area contributed by atoms with Gasteiger partial charge in [-0.2, -0.15) is 0 Å². The Kier molecular flexibility index (Phi) is 4.33. The van der Waals surface area contributed by atoms with Crippen molar-refractivity contribution in [3.63, 3.8) is 0 Å². The Hall–Kier alpha value is -3.48. The molecule has 0 aliphatic heterocycles. The van der Waals surface area contributed by atoms with Gasteiger partial charge in [-0.15, -0.1) is 10.2 Å². The number of aromatic amines is 1. The third-order valence-electron chi connectivity index (χ3n) is 3.39. The number of benzene rings is 2. The molecule has 0 radical (unpaired) electrons. The van der Waals surface area contributed by atoms with Crippen LogP contribution in [0.4, 0.5) is 5.69 Å². The molecule has 0 spiro atoms. The average molecular weight is 322 g/mol. The number of hydrogen-bond donors (Lipinski definition) is 3. The lowest BCUT2D eigenvalue weighted by Crippen LogP contribution is -2.29. The molecule has 0 fully saturated rings. The van der Waals surface area contributed by atoms with Crippen molar-refractivity contribution in [1.82, 2.24) is 10.3 Å². The van der Waals surface area contributed by atoms with Crippen LogP contribution in [0.2, 0.25) is 0 Å². The van der Waals surface area contributed by atoms with Gasteiger partial charge in [0.25, 0.3) is 0 Å². The number of carbonyl (C=O) groups excluding carboxylic acids is 2. The lowest BCUT2D eigenvalue weighted by molar-refractivity contribution is -0.137. The van der Waals surface area contributed by atoms with Gasteiger partial charge in [-0.3, -0.25) is 9.59 Å². The van der Waals surface area contributed by atoms with Gasteiger partial charge in [0.1, 0.15) is 0 Å². The van der Waals surface area contributed by atoms with Gasteiger partial charge >= 0.3 is 11.8 Å². The first-order chi connectivity index (χ1) is 11.6. The van der Waals surface area contributed by atoms with E-state index >= 15 is 0 Å². The third kappa shape index (κ3) is 3.30. The minimum Gasteiger partial charge on any atom is -0.493 e. The number of aromatic nitrogens is 1. The number of fused-ring (bicyclic) bond motifs is 1. The van der Waals surface area contributed by atoms with Crippen LogP contribution in [0.3, 0.4) is 0 Å². The molecule has 3 rings (SSSR count). The number of azo groups is 1. The lowest BCUT2D eigenvalue weighted by atomic mass is 10.2. The van der Waals surface area contributed by atoms with Crippen LogP contribution >= 0.6 is 0 Å². The van der Waals surface area contributed by atoms with Crippen LogP contribution in [-0.4, -0.2) is 21.9 Å². The fraction of sp³-hybridized carbons (Fsp3) is 0.0588. The summed E-state index contributed by atoms with van der Waals surface area (Å²) in [4.78, 5) is 26.2. The van der Waals surface area contributed by atoms with Gasteiger partial charge in [-0.05, 0) is 11.6 Å². The summed E-state index contributed by atoms with van der Waals surface area (Å²) in [5, 5.41) is 20.0. The Morgan fingerprint density at radius 2 is 1.75 bits per heavy atom. The van der Waals surface area contributed by atoms with E-state index in [9.17, 15) is 14.7 Å². The van der Waals surface area contributed by atoms with Gasteiger partial charge in [0.15, 0.2) is 5.69 Å². The average Bonchev–Trinajstić information content (AvgIpc) is 2.93. The molecule has 3 N–H and O–H groups in total. The summed E-state index contributed by atoms with van der Waals surface area (Å²) in [6.07, 6.45) is 0. The number of H-pyrrole nitrogens is 1. The Bertz CT molecular complexity index is 916. The van der Waals surface area contributed by atoms with E-state index in [1.54, 1.807) is 24.3 Å². The first-order valence-corrected chi connectivity index (χ1v) is 7.22. The van der Waals surface area contributed by atoms with Crippen molar-refractivity contribution in [2.75, 3.05) is 0 Å². The minimum atomic E-state index is -1.03. The van der Waals surface area contributed by atoms with E-state index in [2.05, 4.69) is 20.5 Å². The second-order valence-corrected chi connectivity index (χ2v) is 5.04. The quantitative estimate of drug-likeness (QED) is 0.510. The predicted molar refractivity (Wildman–Crippen MR) is 87.8 cm³/mol. The van der Waals surface area contributed by atoms with E-state index in [-0.39, 0.29) is 18.1 Å². The topological polar surface area (TPSA) is 107 Å². The van der Waals surface area contributed by atoms with Crippen molar-refractivity contribution in [2.45, 2.75) is 6.54 Å². The van der Waals surface area contributed by atoms with Crippen LogP contribution in [0.1, 0.15) is 5.56 Å². The molecular formula is C17H14N4O3. The number of rotatable bonds is 3. The van der Waals surface area contributed by atoms with Crippen LogP contribution in [-0.2, 0) is 16.1 Å². The van der Waals surface area contributed by atoms with E-state index in [1.807, 2.05) is 30.3 Å². The van der Waals surface area contributed by atoms with Crippen molar-refractivity contribution in [1.29, 1.82) is 0 Å². The molecule has 0 atom stereocenters.